The van der Waals surface area contributed by atoms with Crippen LogP contribution in [0, 0.1) is 0 Å². The average molecular weight is 245 g/mol. The van der Waals surface area contributed by atoms with Gasteiger partial charge in [0.15, 0.2) is 5.82 Å². The lowest BCUT2D eigenvalue weighted by atomic mass is 10.2. The van der Waals surface area contributed by atoms with Crippen molar-refractivity contribution in [2.24, 2.45) is 0 Å². The Labute approximate surface area is 103 Å². The number of hydrogen-bond acceptors (Lipinski definition) is 5. The zero-order valence-corrected chi connectivity index (χ0v) is 9.56. The quantitative estimate of drug-likeness (QED) is 0.767. The minimum absolute atomic E-state index is 0.162. The van der Waals surface area contributed by atoms with Crippen LogP contribution < -0.4 is 0 Å². The molecule has 0 radical (unpaired) electrons. The highest BCUT2D eigenvalue weighted by atomic mass is 16.7. The summed E-state index contributed by atoms with van der Waals surface area (Å²) in [6.07, 6.45) is 5.36. The summed E-state index contributed by atoms with van der Waals surface area (Å²) >= 11 is 0. The summed E-state index contributed by atoms with van der Waals surface area (Å²) in [5.41, 5.74) is 0.501. The third kappa shape index (κ3) is 1.95. The summed E-state index contributed by atoms with van der Waals surface area (Å²) in [5, 5.41) is 5.33. The Kier molecular flexibility index (Phi) is 2.73. The lowest BCUT2D eigenvalue weighted by Gasteiger charge is -2.13. The number of hydrogen-bond donors (Lipinski definition) is 0. The lowest BCUT2D eigenvalue weighted by molar-refractivity contribution is -0.0768. The molecule has 0 aliphatic carbocycles. The summed E-state index contributed by atoms with van der Waals surface area (Å²) < 4.78 is 1.53. The van der Waals surface area contributed by atoms with E-state index in [0.717, 1.165) is 6.42 Å². The maximum atomic E-state index is 12.0. The van der Waals surface area contributed by atoms with Gasteiger partial charge in [0.05, 0.1) is 18.7 Å². The van der Waals surface area contributed by atoms with Crippen LogP contribution in [0.3, 0.4) is 0 Å². The summed E-state index contributed by atoms with van der Waals surface area (Å²) in [6, 6.07) is 3.42. The van der Waals surface area contributed by atoms with E-state index in [9.17, 15) is 4.79 Å². The predicted molar refractivity (Wildman–Crippen MR) is 60.8 cm³/mol. The molecule has 3 heterocycles. The van der Waals surface area contributed by atoms with Crippen LogP contribution in [-0.2, 0) is 4.84 Å². The van der Waals surface area contributed by atoms with Gasteiger partial charge in [-0.3, -0.25) is 9.63 Å². The van der Waals surface area contributed by atoms with Crippen molar-refractivity contribution in [3.05, 3.63) is 36.5 Å². The molecule has 0 N–H and O–H groups in total. The van der Waals surface area contributed by atoms with Crippen molar-refractivity contribution in [2.45, 2.75) is 6.42 Å². The van der Waals surface area contributed by atoms with Crippen LogP contribution in [-0.4, -0.2) is 43.9 Å². The minimum atomic E-state index is -0.162. The molecule has 0 unspecified atom stereocenters. The van der Waals surface area contributed by atoms with Crippen LogP contribution in [0.25, 0.3) is 5.82 Å². The fraction of sp³-hybridized carbons (Fsp3) is 0.273. The second kappa shape index (κ2) is 4.53. The first-order valence-corrected chi connectivity index (χ1v) is 5.60. The zero-order valence-electron chi connectivity index (χ0n) is 9.56. The van der Waals surface area contributed by atoms with Crippen molar-refractivity contribution in [1.82, 2.24) is 24.8 Å². The Balaban J connectivity index is 1.80. The molecule has 92 valence electrons. The Bertz CT molecular complexity index is 531. The predicted octanol–water partition coefficient (Wildman–Crippen LogP) is 0.440. The average Bonchev–Trinajstić information content (AvgIpc) is 3.11. The van der Waals surface area contributed by atoms with Gasteiger partial charge in [-0.1, -0.05) is 0 Å². The van der Waals surface area contributed by atoms with Crippen molar-refractivity contribution < 1.29 is 9.63 Å². The van der Waals surface area contributed by atoms with Gasteiger partial charge in [-0.05, 0) is 18.6 Å². The third-order valence-corrected chi connectivity index (χ3v) is 2.63. The van der Waals surface area contributed by atoms with Gasteiger partial charge in [0.1, 0.15) is 12.7 Å². The molecule has 1 amide bonds. The third-order valence-electron chi connectivity index (χ3n) is 2.63. The maximum Gasteiger partial charge on any atom is 0.278 e. The van der Waals surface area contributed by atoms with E-state index in [1.807, 2.05) is 0 Å². The summed E-state index contributed by atoms with van der Waals surface area (Å²) in [7, 11) is 0. The summed E-state index contributed by atoms with van der Waals surface area (Å²) in [5.74, 6) is 0.455. The van der Waals surface area contributed by atoms with Gasteiger partial charge in [0.25, 0.3) is 5.91 Å². The van der Waals surface area contributed by atoms with E-state index in [1.54, 1.807) is 18.5 Å². The summed E-state index contributed by atoms with van der Waals surface area (Å²) in [4.78, 5) is 25.2. The number of amides is 1. The van der Waals surface area contributed by atoms with Crippen molar-refractivity contribution in [3.8, 4) is 5.82 Å². The van der Waals surface area contributed by atoms with E-state index in [2.05, 4.69) is 15.1 Å². The van der Waals surface area contributed by atoms with Crippen LogP contribution in [0.2, 0.25) is 0 Å². The number of aromatic nitrogens is 4. The van der Waals surface area contributed by atoms with E-state index in [-0.39, 0.29) is 5.91 Å². The second-order valence-electron chi connectivity index (χ2n) is 3.84. The number of pyridine rings is 1. The lowest BCUT2D eigenvalue weighted by Crippen LogP contribution is -2.26. The molecule has 0 atom stereocenters. The zero-order chi connectivity index (χ0) is 12.4. The molecule has 1 aliphatic heterocycles. The molecule has 1 fully saturated rings. The highest BCUT2D eigenvalue weighted by molar-refractivity contribution is 5.93. The van der Waals surface area contributed by atoms with Crippen molar-refractivity contribution in [3.63, 3.8) is 0 Å². The molecule has 0 bridgehead atoms. The number of carbonyl (C=O) groups excluding carboxylic acids is 1. The molecule has 0 saturated carbocycles. The van der Waals surface area contributed by atoms with Gasteiger partial charge in [0.2, 0.25) is 0 Å². The standard InChI is InChI=1S/C11H11N5O2/c17-11(16-4-1-5-18-16)9-2-3-10(13-6-9)15-8-12-7-14-15/h2-3,6-8H,1,4-5H2. The van der Waals surface area contributed by atoms with Crippen molar-refractivity contribution in [1.29, 1.82) is 0 Å². The molecule has 7 nitrogen and oxygen atoms in total. The molecule has 0 aromatic carbocycles. The molecule has 18 heavy (non-hydrogen) atoms. The van der Waals surface area contributed by atoms with Gasteiger partial charge < -0.3 is 0 Å². The molecule has 2 aromatic heterocycles. The normalized spacial score (nSPS) is 15.0. The molecule has 0 spiro atoms. The fourth-order valence-corrected chi connectivity index (χ4v) is 1.73. The molecular weight excluding hydrogens is 234 g/mol. The smallest absolute Gasteiger partial charge is 0.271 e. The van der Waals surface area contributed by atoms with Crippen LogP contribution in [0.1, 0.15) is 16.8 Å². The Morgan fingerprint density at radius 1 is 1.39 bits per heavy atom. The van der Waals surface area contributed by atoms with Crippen LogP contribution >= 0.6 is 0 Å². The molecule has 1 saturated heterocycles. The van der Waals surface area contributed by atoms with Crippen molar-refractivity contribution in [2.75, 3.05) is 13.2 Å². The van der Waals surface area contributed by atoms with E-state index in [1.165, 1.54) is 22.3 Å². The van der Waals surface area contributed by atoms with Gasteiger partial charge in [-0.25, -0.2) is 19.7 Å². The molecule has 3 rings (SSSR count). The van der Waals surface area contributed by atoms with E-state index in [4.69, 9.17) is 4.84 Å². The Morgan fingerprint density at radius 2 is 2.33 bits per heavy atom. The SMILES string of the molecule is O=C(c1ccc(-n2cncn2)nc1)N1CCCO1. The van der Waals surface area contributed by atoms with Crippen molar-refractivity contribution >= 4 is 5.91 Å². The topological polar surface area (TPSA) is 73.1 Å². The highest BCUT2D eigenvalue weighted by Gasteiger charge is 2.21. The first-order chi connectivity index (χ1) is 8.84. The Hall–Kier alpha value is -2.28. The highest BCUT2D eigenvalue weighted by Crippen LogP contribution is 2.11. The van der Waals surface area contributed by atoms with Gasteiger partial charge in [-0.2, -0.15) is 5.10 Å². The second-order valence-corrected chi connectivity index (χ2v) is 3.84. The molecule has 2 aromatic rings. The number of nitrogens with zero attached hydrogens (tertiary/aromatic N) is 5. The van der Waals surface area contributed by atoms with Crippen LogP contribution in [0.5, 0.6) is 0 Å². The van der Waals surface area contributed by atoms with E-state index < -0.39 is 0 Å². The first kappa shape index (κ1) is 10.8. The van der Waals surface area contributed by atoms with E-state index in [0.29, 0.717) is 24.5 Å². The summed E-state index contributed by atoms with van der Waals surface area (Å²) in [6.45, 7) is 1.22. The van der Waals surface area contributed by atoms with Gasteiger partial charge in [0, 0.05) is 6.20 Å². The number of carbonyl (C=O) groups is 1. The molecule has 7 heteroatoms. The number of hydroxylamine groups is 2. The minimum Gasteiger partial charge on any atom is -0.271 e. The van der Waals surface area contributed by atoms with E-state index >= 15 is 0 Å². The van der Waals surface area contributed by atoms with Gasteiger partial charge >= 0.3 is 0 Å². The monoisotopic (exact) mass is 245 g/mol. The Morgan fingerprint density at radius 3 is 2.94 bits per heavy atom. The fourth-order valence-electron chi connectivity index (χ4n) is 1.73. The first-order valence-electron chi connectivity index (χ1n) is 5.60. The largest absolute Gasteiger partial charge is 0.278 e. The molecule has 1 aliphatic rings. The number of rotatable bonds is 2. The van der Waals surface area contributed by atoms with Crippen LogP contribution in [0.15, 0.2) is 31.0 Å². The van der Waals surface area contributed by atoms with Gasteiger partial charge in [-0.15, -0.1) is 0 Å². The maximum absolute atomic E-state index is 12.0. The molecular formula is C11H11N5O2. The van der Waals surface area contributed by atoms with Crippen LogP contribution in [0.4, 0.5) is 0 Å².